The molecule has 7 heteroatoms. The predicted octanol–water partition coefficient (Wildman–Crippen LogP) is 1.93. The number of nitrogens with one attached hydrogen (secondary N) is 3. The van der Waals surface area contributed by atoms with Crippen LogP contribution in [0.3, 0.4) is 0 Å². The van der Waals surface area contributed by atoms with Crippen LogP contribution < -0.4 is 16.0 Å². The fraction of sp³-hybridized carbons (Fsp3) is 0.125. The van der Waals surface area contributed by atoms with Gasteiger partial charge in [0.1, 0.15) is 5.82 Å². The quantitative estimate of drug-likeness (QED) is 0.754. The van der Waals surface area contributed by atoms with Crippen molar-refractivity contribution in [2.75, 3.05) is 16.0 Å². The van der Waals surface area contributed by atoms with Gasteiger partial charge in [-0.05, 0) is 42.8 Å². The molecule has 2 aromatic rings. The number of carbonyl (C=O) groups is 3. The van der Waals surface area contributed by atoms with Gasteiger partial charge < -0.3 is 16.0 Å². The number of carbonyl (C=O) groups excluding carboxylic acids is 3. The van der Waals surface area contributed by atoms with E-state index in [2.05, 4.69) is 20.9 Å². The van der Waals surface area contributed by atoms with E-state index in [4.69, 9.17) is 0 Å². The smallest absolute Gasteiger partial charge is 0.315 e. The highest BCUT2D eigenvalue weighted by Crippen LogP contribution is 2.15. The Labute approximate surface area is 133 Å². The first-order chi connectivity index (χ1) is 10.9. The van der Waals surface area contributed by atoms with Crippen LogP contribution in [0.25, 0.3) is 0 Å². The molecule has 0 spiro atoms. The normalized spacial score (nSPS) is 9.83. The molecule has 0 aliphatic heterocycles. The van der Waals surface area contributed by atoms with Crippen LogP contribution in [0.5, 0.6) is 0 Å². The summed E-state index contributed by atoms with van der Waals surface area (Å²) in [5.74, 6) is -1.57. The molecule has 0 aliphatic rings. The number of hydrogen-bond acceptors (Lipinski definition) is 4. The molecule has 0 unspecified atom stereocenters. The van der Waals surface area contributed by atoms with Gasteiger partial charge in [-0.15, -0.1) is 0 Å². The summed E-state index contributed by atoms with van der Waals surface area (Å²) in [6, 6.07) is 9.93. The monoisotopic (exact) mass is 312 g/mol. The standard InChI is InChI=1S/C16H16N4O3/c1-10-6-7-17-14(8-10)20-16(23)15(22)19-13-5-3-4-12(9-13)18-11(2)21/h3-9H,1-2H3,(H,18,21)(H,19,22)(H,17,20,23). The largest absolute Gasteiger partial charge is 0.326 e. The second kappa shape index (κ2) is 7.17. The van der Waals surface area contributed by atoms with Crippen molar-refractivity contribution in [1.82, 2.24) is 4.98 Å². The molecule has 3 N–H and O–H groups in total. The zero-order chi connectivity index (χ0) is 16.8. The first-order valence-corrected chi connectivity index (χ1v) is 6.86. The Hall–Kier alpha value is -3.22. The molecular formula is C16H16N4O3. The number of anilines is 3. The fourth-order valence-electron chi connectivity index (χ4n) is 1.84. The second-order valence-electron chi connectivity index (χ2n) is 4.89. The van der Waals surface area contributed by atoms with E-state index in [1.54, 1.807) is 42.6 Å². The number of aromatic nitrogens is 1. The second-order valence-corrected chi connectivity index (χ2v) is 4.89. The lowest BCUT2D eigenvalue weighted by molar-refractivity contribution is -0.133. The van der Waals surface area contributed by atoms with Crippen LogP contribution >= 0.6 is 0 Å². The minimum Gasteiger partial charge on any atom is -0.326 e. The van der Waals surface area contributed by atoms with E-state index in [1.165, 1.54) is 6.92 Å². The van der Waals surface area contributed by atoms with E-state index in [0.717, 1.165) is 5.56 Å². The maximum atomic E-state index is 11.9. The maximum Gasteiger partial charge on any atom is 0.315 e. The van der Waals surface area contributed by atoms with Gasteiger partial charge in [0.25, 0.3) is 0 Å². The average Bonchev–Trinajstić information content (AvgIpc) is 2.46. The molecule has 0 radical (unpaired) electrons. The maximum absolute atomic E-state index is 11.9. The molecule has 2 rings (SSSR count). The molecule has 23 heavy (non-hydrogen) atoms. The highest BCUT2D eigenvalue weighted by Gasteiger charge is 2.14. The molecule has 118 valence electrons. The van der Waals surface area contributed by atoms with E-state index in [0.29, 0.717) is 17.2 Å². The third-order valence-corrected chi connectivity index (χ3v) is 2.80. The predicted molar refractivity (Wildman–Crippen MR) is 87.0 cm³/mol. The summed E-state index contributed by atoms with van der Waals surface area (Å²) in [6.45, 7) is 3.23. The van der Waals surface area contributed by atoms with Gasteiger partial charge >= 0.3 is 11.8 Å². The van der Waals surface area contributed by atoms with Crippen LogP contribution in [0.15, 0.2) is 42.6 Å². The van der Waals surface area contributed by atoms with Gasteiger partial charge in [-0.1, -0.05) is 6.07 Å². The summed E-state index contributed by atoms with van der Waals surface area (Å²) in [5.41, 5.74) is 1.84. The van der Waals surface area contributed by atoms with Gasteiger partial charge in [0.05, 0.1) is 0 Å². The Kier molecular flexibility index (Phi) is 5.03. The number of amides is 3. The zero-order valence-corrected chi connectivity index (χ0v) is 12.7. The molecule has 0 saturated carbocycles. The summed E-state index contributed by atoms with van der Waals surface area (Å²) < 4.78 is 0. The number of benzene rings is 1. The summed E-state index contributed by atoms with van der Waals surface area (Å²) in [6.07, 6.45) is 1.54. The number of nitrogens with zero attached hydrogens (tertiary/aromatic N) is 1. The Bertz CT molecular complexity index is 758. The van der Waals surface area contributed by atoms with Crippen molar-refractivity contribution in [2.45, 2.75) is 13.8 Å². The van der Waals surface area contributed by atoms with Crippen LogP contribution in [-0.2, 0) is 14.4 Å². The lowest BCUT2D eigenvalue weighted by atomic mass is 10.2. The first-order valence-electron chi connectivity index (χ1n) is 6.86. The van der Waals surface area contributed by atoms with Gasteiger partial charge in [0.15, 0.2) is 0 Å². The van der Waals surface area contributed by atoms with Crippen molar-refractivity contribution in [3.63, 3.8) is 0 Å². The number of rotatable bonds is 3. The van der Waals surface area contributed by atoms with Crippen molar-refractivity contribution in [3.8, 4) is 0 Å². The molecule has 0 saturated heterocycles. The summed E-state index contributed by atoms with van der Waals surface area (Å²) in [7, 11) is 0. The molecule has 1 aromatic carbocycles. The number of hydrogen-bond donors (Lipinski definition) is 3. The van der Waals surface area contributed by atoms with Crippen LogP contribution in [-0.4, -0.2) is 22.7 Å². The van der Waals surface area contributed by atoms with E-state index in [9.17, 15) is 14.4 Å². The number of aryl methyl sites for hydroxylation is 1. The Morgan fingerprint density at radius 1 is 0.913 bits per heavy atom. The van der Waals surface area contributed by atoms with Crippen molar-refractivity contribution in [3.05, 3.63) is 48.2 Å². The molecular weight excluding hydrogens is 296 g/mol. The van der Waals surface area contributed by atoms with E-state index in [-0.39, 0.29) is 5.91 Å². The molecule has 0 fully saturated rings. The van der Waals surface area contributed by atoms with Gasteiger partial charge in [0.2, 0.25) is 5.91 Å². The van der Waals surface area contributed by atoms with Crippen LogP contribution in [0, 0.1) is 6.92 Å². The summed E-state index contributed by atoms with van der Waals surface area (Å²) in [4.78, 5) is 38.7. The van der Waals surface area contributed by atoms with Gasteiger partial charge in [-0.2, -0.15) is 0 Å². The van der Waals surface area contributed by atoms with Crippen molar-refractivity contribution in [1.29, 1.82) is 0 Å². The van der Waals surface area contributed by atoms with E-state index < -0.39 is 11.8 Å². The molecule has 7 nitrogen and oxygen atoms in total. The molecule has 0 atom stereocenters. The van der Waals surface area contributed by atoms with E-state index in [1.807, 2.05) is 6.92 Å². The molecule has 0 aliphatic carbocycles. The van der Waals surface area contributed by atoms with Crippen LogP contribution in [0.4, 0.5) is 17.2 Å². The van der Waals surface area contributed by atoms with Crippen molar-refractivity contribution in [2.24, 2.45) is 0 Å². The Morgan fingerprint density at radius 3 is 2.22 bits per heavy atom. The topological polar surface area (TPSA) is 100 Å². The SMILES string of the molecule is CC(=O)Nc1cccc(NC(=O)C(=O)Nc2cc(C)ccn2)c1. The highest BCUT2D eigenvalue weighted by molar-refractivity contribution is 6.43. The van der Waals surface area contributed by atoms with Crippen molar-refractivity contribution >= 4 is 34.9 Å². The summed E-state index contributed by atoms with van der Waals surface area (Å²) >= 11 is 0. The molecule has 0 bridgehead atoms. The summed E-state index contributed by atoms with van der Waals surface area (Å²) in [5, 5.41) is 7.47. The first kappa shape index (κ1) is 16.2. The molecule has 3 amide bonds. The minimum atomic E-state index is -0.826. The van der Waals surface area contributed by atoms with Crippen LogP contribution in [0.2, 0.25) is 0 Å². The number of pyridine rings is 1. The van der Waals surface area contributed by atoms with E-state index >= 15 is 0 Å². The van der Waals surface area contributed by atoms with Gasteiger partial charge in [-0.3, -0.25) is 14.4 Å². The molecule has 1 aromatic heterocycles. The average molecular weight is 312 g/mol. The van der Waals surface area contributed by atoms with Crippen LogP contribution in [0.1, 0.15) is 12.5 Å². The lowest BCUT2D eigenvalue weighted by Gasteiger charge is -2.08. The van der Waals surface area contributed by atoms with Gasteiger partial charge in [0, 0.05) is 24.5 Å². The molecule has 1 heterocycles. The Balaban J connectivity index is 2.01. The lowest BCUT2D eigenvalue weighted by Crippen LogP contribution is -2.29. The third-order valence-electron chi connectivity index (χ3n) is 2.80. The highest BCUT2D eigenvalue weighted by atomic mass is 16.2. The van der Waals surface area contributed by atoms with Crippen molar-refractivity contribution < 1.29 is 14.4 Å². The fourth-order valence-corrected chi connectivity index (χ4v) is 1.84. The Morgan fingerprint density at radius 2 is 1.57 bits per heavy atom. The minimum absolute atomic E-state index is 0.225. The third kappa shape index (κ3) is 4.92. The zero-order valence-electron chi connectivity index (χ0n) is 12.7. The van der Waals surface area contributed by atoms with Gasteiger partial charge in [-0.25, -0.2) is 4.98 Å².